The number of hydrogen-bond donors (Lipinski definition) is 0. The van der Waals surface area contributed by atoms with Crippen LogP contribution < -0.4 is 0 Å². The maximum atomic E-state index is 6.57. The molecule has 228 valence electrons. The summed E-state index contributed by atoms with van der Waals surface area (Å²) < 4.78 is 6.57. The van der Waals surface area contributed by atoms with Crippen LogP contribution in [0.4, 0.5) is 0 Å². The molecule has 0 spiro atoms. The van der Waals surface area contributed by atoms with E-state index in [2.05, 4.69) is 109 Å². The summed E-state index contributed by atoms with van der Waals surface area (Å²) in [5.41, 5.74) is 6.97. The third-order valence-electron chi connectivity index (χ3n) is 9.27. The van der Waals surface area contributed by atoms with Crippen LogP contribution in [0.1, 0.15) is 0 Å². The summed E-state index contributed by atoms with van der Waals surface area (Å²) in [4.78, 5) is 20.3. The number of hydrogen-bond acceptors (Lipinski definition) is 5. The Morgan fingerprint density at radius 3 is 1.71 bits per heavy atom. The Hall–Kier alpha value is -6.72. The van der Waals surface area contributed by atoms with Crippen LogP contribution in [-0.2, 0) is 0 Å². The zero-order chi connectivity index (χ0) is 32.3. The van der Waals surface area contributed by atoms with Crippen molar-refractivity contribution < 1.29 is 4.42 Å². The third-order valence-corrected chi connectivity index (χ3v) is 9.27. The first-order chi connectivity index (χ1) is 24.2. The van der Waals surface area contributed by atoms with Crippen LogP contribution in [0.15, 0.2) is 162 Å². The summed E-state index contributed by atoms with van der Waals surface area (Å²) in [5.74, 6) is 1.78. The molecule has 0 unspecified atom stereocenters. The second-order valence-corrected chi connectivity index (χ2v) is 12.3. The van der Waals surface area contributed by atoms with Crippen molar-refractivity contribution in [2.75, 3.05) is 0 Å². The summed E-state index contributed by atoms with van der Waals surface area (Å²) in [5, 5.41) is 7.54. The minimum Gasteiger partial charge on any atom is -0.438 e. The van der Waals surface area contributed by atoms with Gasteiger partial charge in [-0.1, -0.05) is 121 Å². The largest absolute Gasteiger partial charge is 0.438 e. The van der Waals surface area contributed by atoms with Crippen LogP contribution in [-0.4, -0.2) is 19.9 Å². The highest BCUT2D eigenvalue weighted by Gasteiger charge is 2.21. The van der Waals surface area contributed by atoms with Gasteiger partial charge in [-0.2, -0.15) is 0 Å². The first kappa shape index (κ1) is 27.4. The predicted molar refractivity (Wildman–Crippen MR) is 199 cm³/mol. The molecule has 0 fully saturated rings. The summed E-state index contributed by atoms with van der Waals surface area (Å²) >= 11 is 0. The van der Waals surface area contributed by atoms with E-state index in [-0.39, 0.29) is 0 Å². The molecular weight excluding hydrogens is 601 g/mol. The zero-order valence-corrected chi connectivity index (χ0v) is 26.2. The van der Waals surface area contributed by atoms with E-state index in [4.69, 9.17) is 24.4 Å². The Kier molecular flexibility index (Phi) is 6.11. The normalized spacial score (nSPS) is 11.7. The van der Waals surface area contributed by atoms with Crippen molar-refractivity contribution in [2.24, 2.45) is 0 Å². The molecule has 0 N–H and O–H groups in total. The lowest BCUT2D eigenvalue weighted by atomic mass is 9.96. The van der Waals surface area contributed by atoms with Crippen LogP contribution in [0.5, 0.6) is 0 Å². The van der Waals surface area contributed by atoms with Gasteiger partial charge in [0.05, 0.1) is 5.52 Å². The minimum atomic E-state index is 0.570. The molecule has 10 aromatic rings. The molecule has 0 amide bonds. The molecule has 10 rings (SSSR count). The molecule has 0 saturated heterocycles. The molecular formula is C44H26N4O. The molecule has 0 atom stereocenters. The van der Waals surface area contributed by atoms with Gasteiger partial charge in [0.2, 0.25) is 5.71 Å². The molecule has 3 aromatic heterocycles. The van der Waals surface area contributed by atoms with Crippen LogP contribution in [0, 0.1) is 0 Å². The molecule has 3 heterocycles. The molecule has 49 heavy (non-hydrogen) atoms. The molecule has 0 saturated carbocycles. The number of para-hydroxylation sites is 1. The lowest BCUT2D eigenvalue weighted by molar-refractivity contribution is 0.656. The topological polar surface area (TPSA) is 64.7 Å². The predicted octanol–water partition coefficient (Wildman–Crippen LogP) is 11.3. The molecule has 5 nitrogen and oxygen atoms in total. The summed E-state index contributed by atoms with van der Waals surface area (Å²) in [7, 11) is 0. The van der Waals surface area contributed by atoms with Crippen molar-refractivity contribution in [3.05, 3.63) is 158 Å². The Morgan fingerprint density at radius 1 is 0.367 bits per heavy atom. The fourth-order valence-corrected chi connectivity index (χ4v) is 6.82. The van der Waals surface area contributed by atoms with Gasteiger partial charge in [-0.05, 0) is 69.1 Å². The van der Waals surface area contributed by atoms with Gasteiger partial charge in [0.25, 0.3) is 0 Å². The van der Waals surface area contributed by atoms with Crippen molar-refractivity contribution in [3.63, 3.8) is 0 Å². The Bertz CT molecular complexity index is 2890. The van der Waals surface area contributed by atoms with Crippen molar-refractivity contribution in [1.82, 2.24) is 19.9 Å². The van der Waals surface area contributed by atoms with Gasteiger partial charge in [-0.3, -0.25) is 0 Å². The molecule has 0 aliphatic carbocycles. The fourth-order valence-electron chi connectivity index (χ4n) is 6.82. The number of pyridine rings is 1. The van der Waals surface area contributed by atoms with Crippen molar-refractivity contribution in [1.29, 1.82) is 0 Å². The van der Waals surface area contributed by atoms with E-state index in [1.807, 2.05) is 48.5 Å². The Morgan fingerprint density at radius 2 is 0.959 bits per heavy atom. The number of benzene rings is 7. The average Bonchev–Trinajstić information content (AvgIpc) is 3.53. The lowest BCUT2D eigenvalue weighted by Gasteiger charge is -2.12. The van der Waals surface area contributed by atoms with E-state index < -0.39 is 0 Å². The zero-order valence-electron chi connectivity index (χ0n) is 26.2. The highest BCUT2D eigenvalue weighted by Crippen LogP contribution is 2.41. The first-order valence-corrected chi connectivity index (χ1v) is 16.3. The summed E-state index contributed by atoms with van der Waals surface area (Å²) in [6.07, 6.45) is 0. The number of nitrogens with zero attached hydrogens (tertiary/aromatic N) is 4. The molecule has 0 radical (unpaired) electrons. The molecule has 0 bridgehead atoms. The monoisotopic (exact) mass is 626 g/mol. The smallest absolute Gasteiger partial charge is 0.227 e. The van der Waals surface area contributed by atoms with Crippen LogP contribution in [0.25, 0.3) is 99.8 Å². The van der Waals surface area contributed by atoms with Gasteiger partial charge < -0.3 is 4.42 Å². The van der Waals surface area contributed by atoms with Crippen LogP contribution >= 0.6 is 0 Å². The van der Waals surface area contributed by atoms with Crippen LogP contribution in [0.2, 0.25) is 0 Å². The van der Waals surface area contributed by atoms with Gasteiger partial charge in [0.15, 0.2) is 17.5 Å². The number of furan rings is 1. The number of fused-ring (bicyclic) bond motifs is 6. The van der Waals surface area contributed by atoms with Gasteiger partial charge in [-0.25, -0.2) is 19.9 Å². The van der Waals surface area contributed by atoms with E-state index in [0.717, 1.165) is 60.5 Å². The molecule has 0 aliphatic rings. The quantitative estimate of drug-likeness (QED) is 0.194. The second-order valence-electron chi connectivity index (χ2n) is 12.3. The highest BCUT2D eigenvalue weighted by atomic mass is 16.3. The fraction of sp³-hybridized carbons (Fsp3) is 0. The second kappa shape index (κ2) is 10.9. The highest BCUT2D eigenvalue weighted by molar-refractivity contribution is 6.14. The summed E-state index contributed by atoms with van der Waals surface area (Å²) in [6, 6.07) is 54.3. The molecule has 0 aliphatic heterocycles. The Labute approximate surface area is 281 Å². The van der Waals surface area contributed by atoms with Crippen LogP contribution in [0.3, 0.4) is 0 Å². The maximum Gasteiger partial charge on any atom is 0.227 e. The third kappa shape index (κ3) is 4.71. The van der Waals surface area contributed by atoms with E-state index >= 15 is 0 Å². The maximum absolute atomic E-state index is 6.57. The molecule has 5 heteroatoms. The SMILES string of the molecule is c1ccc(-c2nc(-c3ccc4ccccc4c3)nc(-c3cc(-c4ccc5ccccc5c4)cc4oc5nc6ccccc6cc5c34)n2)cc1. The number of rotatable bonds is 4. The standard InChI is InChI=1S/C44H26N4O/c1-2-12-29(13-3-1)41-46-42(34-21-19-28-11-5-7-15-31(28)23-34)48-43(47-41)36-25-35(32-20-18-27-10-4-6-14-30(27)22-32)26-39-40(36)37-24-33-16-8-9-17-38(33)45-44(37)49-39/h1-26H. The van der Waals surface area contributed by atoms with Crippen molar-refractivity contribution >= 4 is 54.5 Å². The van der Waals surface area contributed by atoms with Gasteiger partial charge in [-0.15, -0.1) is 0 Å². The average molecular weight is 627 g/mol. The van der Waals surface area contributed by atoms with Crippen molar-refractivity contribution in [2.45, 2.75) is 0 Å². The first-order valence-electron chi connectivity index (χ1n) is 16.3. The van der Waals surface area contributed by atoms with E-state index in [1.54, 1.807) is 0 Å². The minimum absolute atomic E-state index is 0.570. The van der Waals surface area contributed by atoms with E-state index in [9.17, 15) is 0 Å². The molecule has 7 aromatic carbocycles. The van der Waals surface area contributed by atoms with E-state index in [1.165, 1.54) is 16.2 Å². The van der Waals surface area contributed by atoms with Gasteiger partial charge in [0.1, 0.15) is 5.58 Å². The lowest BCUT2D eigenvalue weighted by Crippen LogP contribution is -2.00. The van der Waals surface area contributed by atoms with Gasteiger partial charge in [0, 0.05) is 32.8 Å². The van der Waals surface area contributed by atoms with Crippen molar-refractivity contribution in [3.8, 4) is 45.3 Å². The van der Waals surface area contributed by atoms with Gasteiger partial charge >= 0.3 is 0 Å². The Balaban J connectivity index is 1.28. The summed E-state index contributed by atoms with van der Waals surface area (Å²) in [6.45, 7) is 0. The van der Waals surface area contributed by atoms with E-state index in [0.29, 0.717) is 23.2 Å². The number of aromatic nitrogens is 4.